The van der Waals surface area contributed by atoms with Gasteiger partial charge in [-0.3, -0.25) is 19.3 Å². The van der Waals surface area contributed by atoms with Gasteiger partial charge in [-0.1, -0.05) is 0 Å². The number of anilines is 5. The quantitative estimate of drug-likeness (QED) is 0.116. The number of ether oxygens (including phenoxy) is 2. The summed E-state index contributed by atoms with van der Waals surface area (Å²) in [5, 5.41) is 12.8. The standard InChI is InChI=1S/C25H34N8O11S3/c1-6-44-25-23(28-15-7-8-17(32(3)4)20(11-15)47(40,41)42)24-29-22(30-33(24)31-25)9-10-26-45(35,36)21-12-16(27-14(2)34)19(46(37,38)39)13-18(21)43-5/h7-8,11-13,22,26,28-30H,6,9-10H2,1-5H3,(H,27,34)(H,37,38,39)(H,40,41,42). The first-order valence-electron chi connectivity index (χ1n) is 13.7. The zero-order valence-electron chi connectivity index (χ0n) is 25.7. The molecule has 1 atom stereocenters. The topological polar surface area (TPSA) is 260 Å². The normalized spacial score (nSPS) is 14.5. The zero-order chi connectivity index (χ0) is 34.9. The minimum Gasteiger partial charge on any atom is -0.495 e. The number of hydrogen-bond acceptors (Lipinski definition) is 14. The fraction of sp³-hybridized carbons (Fsp3) is 0.360. The maximum absolute atomic E-state index is 13.2. The van der Waals surface area contributed by atoms with E-state index in [2.05, 4.69) is 31.2 Å². The molecule has 2 aromatic carbocycles. The number of methoxy groups -OCH3 is 1. The Hall–Kier alpha value is -4.35. The average Bonchev–Trinajstić information content (AvgIpc) is 3.49. The molecule has 0 radical (unpaired) electrons. The van der Waals surface area contributed by atoms with Crippen LogP contribution < -0.4 is 40.5 Å². The lowest BCUT2D eigenvalue weighted by Crippen LogP contribution is -2.33. The van der Waals surface area contributed by atoms with Crippen LogP contribution in [0.5, 0.6) is 11.6 Å². The highest BCUT2D eigenvalue weighted by Crippen LogP contribution is 2.39. The fourth-order valence-corrected chi connectivity index (χ4v) is 7.25. The molecule has 22 heteroatoms. The van der Waals surface area contributed by atoms with Gasteiger partial charge in [-0.2, -0.15) is 21.6 Å². The Morgan fingerprint density at radius 2 is 1.72 bits per heavy atom. The second-order valence-corrected chi connectivity index (χ2v) is 14.7. The summed E-state index contributed by atoms with van der Waals surface area (Å²) in [4.78, 5) is 13.0. The van der Waals surface area contributed by atoms with Crippen LogP contribution in [-0.2, 0) is 35.1 Å². The molecule has 1 aliphatic rings. The smallest absolute Gasteiger partial charge is 0.296 e. The van der Waals surface area contributed by atoms with Gasteiger partial charge >= 0.3 is 0 Å². The maximum Gasteiger partial charge on any atom is 0.296 e. The summed E-state index contributed by atoms with van der Waals surface area (Å²) in [7, 11) is -9.40. The van der Waals surface area contributed by atoms with Crippen LogP contribution in [0.3, 0.4) is 0 Å². The number of fused-ring (bicyclic) bond motifs is 1. The van der Waals surface area contributed by atoms with Gasteiger partial charge in [-0.15, -0.1) is 5.10 Å². The first kappa shape index (κ1) is 35.5. The van der Waals surface area contributed by atoms with Crippen LogP contribution >= 0.6 is 0 Å². The number of nitrogens with one attached hydrogen (secondary N) is 5. The number of sulfonamides is 1. The summed E-state index contributed by atoms with van der Waals surface area (Å²) in [6.45, 7) is 2.93. The highest BCUT2D eigenvalue weighted by Gasteiger charge is 2.31. The minimum atomic E-state index is -4.86. The number of benzene rings is 2. The molecule has 7 N–H and O–H groups in total. The molecule has 0 spiro atoms. The summed E-state index contributed by atoms with van der Waals surface area (Å²) in [5.41, 5.74) is 3.46. The van der Waals surface area contributed by atoms with Gasteiger partial charge in [-0.05, 0) is 31.2 Å². The lowest BCUT2D eigenvalue weighted by atomic mass is 10.2. The van der Waals surface area contributed by atoms with Crippen molar-refractivity contribution in [3.8, 4) is 11.6 Å². The molecule has 1 aromatic heterocycles. The van der Waals surface area contributed by atoms with Gasteiger partial charge in [0.2, 0.25) is 15.9 Å². The van der Waals surface area contributed by atoms with Gasteiger partial charge in [0.25, 0.3) is 26.1 Å². The van der Waals surface area contributed by atoms with Crippen molar-refractivity contribution in [3.63, 3.8) is 0 Å². The van der Waals surface area contributed by atoms with E-state index in [1.807, 2.05) is 0 Å². The van der Waals surface area contributed by atoms with Crippen molar-refractivity contribution in [1.29, 1.82) is 0 Å². The van der Waals surface area contributed by atoms with E-state index in [0.717, 1.165) is 26.2 Å². The molecule has 0 saturated heterocycles. The van der Waals surface area contributed by atoms with Gasteiger partial charge in [0.15, 0.2) is 5.82 Å². The van der Waals surface area contributed by atoms with Crippen molar-refractivity contribution in [3.05, 3.63) is 30.3 Å². The molecule has 0 fully saturated rings. The van der Waals surface area contributed by atoms with Crippen molar-refractivity contribution in [1.82, 2.24) is 14.6 Å². The molecule has 2 heterocycles. The van der Waals surface area contributed by atoms with E-state index < -0.39 is 63.6 Å². The average molecular weight is 719 g/mol. The Morgan fingerprint density at radius 3 is 2.30 bits per heavy atom. The predicted molar refractivity (Wildman–Crippen MR) is 171 cm³/mol. The van der Waals surface area contributed by atoms with Gasteiger partial charge in [0, 0.05) is 45.7 Å². The van der Waals surface area contributed by atoms with E-state index in [1.165, 1.54) is 21.8 Å². The molecule has 47 heavy (non-hydrogen) atoms. The Kier molecular flexibility index (Phi) is 10.1. The Labute approximate surface area is 271 Å². The SMILES string of the molecule is CCOc1nn2c(c1Nc1ccc(N(C)C)c(S(=O)(=O)O)c1)NC(CCNS(=O)(=O)c1cc(NC(C)=O)c(S(=O)(=O)O)cc1OC)N2. The van der Waals surface area contributed by atoms with Crippen molar-refractivity contribution < 1.29 is 48.6 Å². The van der Waals surface area contributed by atoms with Crippen LogP contribution in [0.2, 0.25) is 0 Å². The summed E-state index contributed by atoms with van der Waals surface area (Å²) in [5.74, 6) is -0.555. The largest absolute Gasteiger partial charge is 0.495 e. The van der Waals surface area contributed by atoms with Crippen LogP contribution in [0.1, 0.15) is 20.3 Å². The third-order valence-electron chi connectivity index (χ3n) is 6.58. The lowest BCUT2D eigenvalue weighted by molar-refractivity contribution is -0.114. The molecule has 3 aromatic rings. The van der Waals surface area contributed by atoms with Crippen LogP contribution in [0.25, 0.3) is 0 Å². The van der Waals surface area contributed by atoms with Crippen LogP contribution in [0.15, 0.2) is 45.0 Å². The molecule has 0 bridgehead atoms. The molecule has 0 aliphatic carbocycles. The van der Waals surface area contributed by atoms with Gasteiger partial charge in [0.05, 0.1) is 25.1 Å². The molecule has 1 amide bonds. The van der Waals surface area contributed by atoms with E-state index in [0.29, 0.717) is 17.2 Å². The second-order valence-electron chi connectivity index (χ2n) is 10.2. The van der Waals surface area contributed by atoms with E-state index in [9.17, 15) is 39.2 Å². The minimum absolute atomic E-state index is 0.139. The van der Waals surface area contributed by atoms with E-state index in [4.69, 9.17) is 9.47 Å². The second kappa shape index (κ2) is 13.4. The van der Waals surface area contributed by atoms with Crippen molar-refractivity contribution in [2.45, 2.75) is 41.1 Å². The first-order chi connectivity index (χ1) is 21.8. The summed E-state index contributed by atoms with van der Waals surface area (Å²) < 4.78 is 107. The summed E-state index contributed by atoms with van der Waals surface area (Å²) >= 11 is 0. The number of aromatic nitrogens is 2. The molecule has 1 aliphatic heterocycles. The number of carbonyl (C=O) groups excluding carboxylic acids is 1. The number of hydrogen-bond donors (Lipinski definition) is 7. The van der Waals surface area contributed by atoms with Crippen molar-refractivity contribution in [2.24, 2.45) is 0 Å². The number of carbonyl (C=O) groups is 1. The molecule has 1 unspecified atom stereocenters. The summed E-state index contributed by atoms with van der Waals surface area (Å²) in [6.07, 6.45) is -0.430. The third-order valence-corrected chi connectivity index (χ3v) is 9.84. The Morgan fingerprint density at radius 1 is 1.04 bits per heavy atom. The molecule has 258 valence electrons. The maximum atomic E-state index is 13.2. The zero-order valence-corrected chi connectivity index (χ0v) is 28.2. The number of amides is 1. The number of nitrogens with zero attached hydrogens (tertiary/aromatic N) is 3. The fourth-order valence-electron chi connectivity index (χ4n) is 4.60. The number of rotatable bonds is 14. The van der Waals surface area contributed by atoms with Crippen molar-refractivity contribution in [2.75, 3.05) is 60.6 Å². The van der Waals surface area contributed by atoms with Crippen LogP contribution in [0.4, 0.5) is 28.6 Å². The molecule has 4 rings (SSSR count). The van der Waals surface area contributed by atoms with Gasteiger partial charge < -0.3 is 30.3 Å². The van der Waals surface area contributed by atoms with E-state index in [1.54, 1.807) is 27.1 Å². The Bertz CT molecular complexity index is 2010. The van der Waals surface area contributed by atoms with Gasteiger partial charge in [0.1, 0.15) is 32.3 Å². The summed E-state index contributed by atoms with van der Waals surface area (Å²) in [6, 6.07) is 6.02. The monoisotopic (exact) mass is 718 g/mol. The lowest BCUT2D eigenvalue weighted by Gasteiger charge is -2.18. The third kappa shape index (κ3) is 7.97. The highest BCUT2D eigenvalue weighted by atomic mass is 32.2. The van der Waals surface area contributed by atoms with Crippen LogP contribution in [0, 0.1) is 0 Å². The molecular weight excluding hydrogens is 685 g/mol. The predicted octanol–water partition coefficient (Wildman–Crippen LogP) is 1.22. The van der Waals surface area contributed by atoms with E-state index >= 15 is 0 Å². The van der Waals surface area contributed by atoms with Crippen molar-refractivity contribution >= 4 is 64.7 Å². The first-order valence-corrected chi connectivity index (χ1v) is 18.0. The van der Waals surface area contributed by atoms with Crippen LogP contribution in [-0.4, -0.2) is 90.7 Å². The molecule has 19 nitrogen and oxygen atoms in total. The molecular formula is C25H34N8O11S3. The van der Waals surface area contributed by atoms with Gasteiger partial charge in [-0.25, -0.2) is 13.1 Å². The molecule has 0 saturated carbocycles. The highest BCUT2D eigenvalue weighted by molar-refractivity contribution is 7.89. The Balaban J connectivity index is 1.53. The van der Waals surface area contributed by atoms with E-state index in [-0.39, 0.29) is 36.0 Å².